The van der Waals surface area contributed by atoms with E-state index in [2.05, 4.69) is 18.0 Å². The van der Waals surface area contributed by atoms with E-state index in [4.69, 9.17) is 4.74 Å². The summed E-state index contributed by atoms with van der Waals surface area (Å²) in [5.41, 5.74) is 3.72. The van der Waals surface area contributed by atoms with Crippen molar-refractivity contribution in [2.75, 3.05) is 12.9 Å². The Bertz CT molecular complexity index is 917. The van der Waals surface area contributed by atoms with Gasteiger partial charge in [0.25, 0.3) is 0 Å². The Labute approximate surface area is 156 Å². The molecule has 0 amide bonds. The van der Waals surface area contributed by atoms with Crippen LogP contribution in [0, 0.1) is 0 Å². The van der Waals surface area contributed by atoms with Crippen LogP contribution in [0.25, 0.3) is 10.9 Å². The molecule has 0 spiro atoms. The van der Waals surface area contributed by atoms with Crippen molar-refractivity contribution in [3.05, 3.63) is 71.4 Å². The van der Waals surface area contributed by atoms with Gasteiger partial charge >= 0.3 is 5.97 Å². The molecule has 1 aromatic heterocycles. The molecule has 3 aromatic rings. The number of ether oxygens (including phenoxy) is 1. The molecule has 0 radical (unpaired) electrons. The van der Waals surface area contributed by atoms with E-state index in [1.165, 1.54) is 24.4 Å². The summed E-state index contributed by atoms with van der Waals surface area (Å²) in [5.74, 6) is -0.217. The molecule has 134 valence electrons. The Morgan fingerprint density at radius 2 is 1.88 bits per heavy atom. The number of methoxy groups -OCH3 is 1. The number of ketones is 1. The lowest BCUT2D eigenvalue weighted by molar-refractivity contribution is -0.137. The predicted octanol–water partition coefficient (Wildman–Crippen LogP) is 4.56. The van der Waals surface area contributed by atoms with Crippen LogP contribution < -0.4 is 0 Å². The van der Waals surface area contributed by atoms with Gasteiger partial charge in [0.05, 0.1) is 18.1 Å². The molecule has 0 aliphatic heterocycles. The van der Waals surface area contributed by atoms with E-state index >= 15 is 0 Å². The van der Waals surface area contributed by atoms with E-state index in [0.29, 0.717) is 5.56 Å². The summed E-state index contributed by atoms with van der Waals surface area (Å²) in [7, 11) is 1.36. The minimum atomic E-state index is -0.459. The van der Waals surface area contributed by atoms with Gasteiger partial charge in [-0.2, -0.15) is 0 Å². The summed E-state index contributed by atoms with van der Waals surface area (Å²) in [5, 5.41) is 0.466. The first-order valence-electron chi connectivity index (χ1n) is 8.52. The molecule has 2 aromatic carbocycles. The zero-order chi connectivity index (χ0) is 18.5. The van der Waals surface area contributed by atoms with Crippen molar-refractivity contribution in [3.8, 4) is 0 Å². The Balaban J connectivity index is 1.98. The van der Waals surface area contributed by atoms with E-state index in [9.17, 15) is 9.59 Å². The molecular formula is C21H21NO3S. The van der Waals surface area contributed by atoms with Gasteiger partial charge in [-0.15, -0.1) is 11.8 Å². The number of carbonyl (C=O) groups excluding carboxylic acids is 2. The van der Waals surface area contributed by atoms with E-state index in [-0.39, 0.29) is 17.5 Å². The Morgan fingerprint density at radius 3 is 2.58 bits per heavy atom. The average molecular weight is 367 g/mol. The summed E-state index contributed by atoms with van der Waals surface area (Å²) < 4.78 is 4.73. The van der Waals surface area contributed by atoms with E-state index in [0.717, 1.165) is 22.9 Å². The molecule has 0 aliphatic rings. The number of para-hydroxylation sites is 1. The SMILES string of the molecule is CCc1cccc2c(C(=O)C(SCC(=O)OC)c3ccccc3)c[nH]c12. The van der Waals surface area contributed by atoms with Gasteiger partial charge in [0.15, 0.2) is 5.78 Å². The van der Waals surface area contributed by atoms with Gasteiger partial charge in [0, 0.05) is 22.7 Å². The molecule has 0 saturated carbocycles. The first-order chi connectivity index (χ1) is 12.7. The first kappa shape index (κ1) is 18.3. The van der Waals surface area contributed by atoms with Crippen LogP contribution in [-0.2, 0) is 16.0 Å². The second kappa shape index (κ2) is 8.23. The van der Waals surface area contributed by atoms with Crippen molar-refractivity contribution < 1.29 is 14.3 Å². The number of Topliss-reactive ketones (excluding diaryl/α,β-unsaturated/α-hetero) is 1. The fourth-order valence-corrected chi connectivity index (χ4v) is 4.07. The summed E-state index contributed by atoms with van der Waals surface area (Å²) in [6.07, 6.45) is 2.67. The topological polar surface area (TPSA) is 59.2 Å². The molecule has 5 heteroatoms. The average Bonchev–Trinajstić information content (AvgIpc) is 3.12. The number of aromatic amines is 1. The fraction of sp³-hybridized carbons (Fsp3) is 0.238. The lowest BCUT2D eigenvalue weighted by atomic mass is 10.0. The number of esters is 1. The highest BCUT2D eigenvalue weighted by Crippen LogP contribution is 2.35. The molecule has 4 nitrogen and oxygen atoms in total. The number of thioether (sulfide) groups is 1. The van der Waals surface area contributed by atoms with Gasteiger partial charge in [-0.3, -0.25) is 9.59 Å². The maximum Gasteiger partial charge on any atom is 0.315 e. The second-order valence-electron chi connectivity index (χ2n) is 5.94. The molecule has 1 atom stereocenters. The van der Waals surface area contributed by atoms with Gasteiger partial charge in [-0.1, -0.05) is 55.5 Å². The Kier molecular flexibility index (Phi) is 5.78. The van der Waals surface area contributed by atoms with Gasteiger partial charge in [-0.05, 0) is 17.5 Å². The number of hydrogen-bond acceptors (Lipinski definition) is 4. The molecule has 0 saturated heterocycles. The lowest BCUT2D eigenvalue weighted by Crippen LogP contribution is -2.13. The van der Waals surface area contributed by atoms with E-state index in [1.54, 1.807) is 6.20 Å². The van der Waals surface area contributed by atoms with Crippen molar-refractivity contribution in [2.45, 2.75) is 18.6 Å². The van der Waals surface area contributed by atoms with Crippen molar-refractivity contribution in [3.63, 3.8) is 0 Å². The van der Waals surface area contributed by atoms with Crippen LogP contribution in [0.4, 0.5) is 0 Å². The van der Waals surface area contributed by atoms with Crippen LogP contribution in [0.3, 0.4) is 0 Å². The zero-order valence-corrected chi connectivity index (χ0v) is 15.6. The summed E-state index contributed by atoms with van der Waals surface area (Å²) in [6.45, 7) is 2.09. The number of fused-ring (bicyclic) bond motifs is 1. The maximum atomic E-state index is 13.3. The molecule has 0 fully saturated rings. The van der Waals surface area contributed by atoms with Crippen molar-refractivity contribution in [2.24, 2.45) is 0 Å². The summed E-state index contributed by atoms with van der Waals surface area (Å²) in [4.78, 5) is 28.2. The monoisotopic (exact) mass is 367 g/mol. The fourth-order valence-electron chi connectivity index (χ4n) is 3.02. The summed E-state index contributed by atoms with van der Waals surface area (Å²) in [6, 6.07) is 15.6. The third-order valence-corrected chi connectivity index (χ3v) is 5.61. The number of H-pyrrole nitrogens is 1. The van der Waals surface area contributed by atoms with Crippen LogP contribution in [0.2, 0.25) is 0 Å². The van der Waals surface area contributed by atoms with Gasteiger partial charge in [-0.25, -0.2) is 0 Å². The lowest BCUT2D eigenvalue weighted by Gasteiger charge is -2.15. The molecule has 1 unspecified atom stereocenters. The molecule has 26 heavy (non-hydrogen) atoms. The molecule has 1 N–H and O–H groups in total. The number of rotatable bonds is 7. The van der Waals surface area contributed by atoms with Crippen LogP contribution in [0.15, 0.2) is 54.7 Å². The predicted molar refractivity (Wildman–Crippen MR) is 106 cm³/mol. The standard InChI is InChI=1S/C21H21NO3S/c1-3-14-10-7-11-16-17(12-22-19(14)16)20(24)21(26-13-18(23)25-2)15-8-5-4-6-9-15/h4-12,21-22H,3,13H2,1-2H3. The first-order valence-corrected chi connectivity index (χ1v) is 9.57. The van der Waals surface area contributed by atoms with Gasteiger partial charge in [0.1, 0.15) is 0 Å². The van der Waals surface area contributed by atoms with Gasteiger partial charge < -0.3 is 9.72 Å². The van der Waals surface area contributed by atoms with Crippen molar-refractivity contribution in [1.82, 2.24) is 4.98 Å². The molecule has 0 bridgehead atoms. The quantitative estimate of drug-likeness (QED) is 0.491. The molecule has 1 heterocycles. The molecule has 0 aliphatic carbocycles. The Hall–Kier alpha value is -2.53. The van der Waals surface area contributed by atoms with Crippen molar-refractivity contribution >= 4 is 34.4 Å². The van der Waals surface area contributed by atoms with Gasteiger partial charge in [0.2, 0.25) is 0 Å². The number of aryl methyl sites for hydroxylation is 1. The Morgan fingerprint density at radius 1 is 1.12 bits per heavy atom. The van der Waals surface area contributed by atoms with Crippen LogP contribution in [0.1, 0.15) is 33.7 Å². The number of aromatic nitrogens is 1. The van der Waals surface area contributed by atoms with Crippen LogP contribution >= 0.6 is 11.8 Å². The minimum absolute atomic E-state index is 0.00962. The van der Waals surface area contributed by atoms with Crippen LogP contribution in [-0.4, -0.2) is 29.6 Å². The largest absolute Gasteiger partial charge is 0.468 e. The molecular weight excluding hydrogens is 346 g/mol. The number of carbonyl (C=O) groups is 2. The number of nitrogens with one attached hydrogen (secondary N) is 1. The third kappa shape index (κ3) is 3.68. The number of hydrogen-bond donors (Lipinski definition) is 1. The summed E-state index contributed by atoms with van der Waals surface area (Å²) >= 11 is 1.29. The highest BCUT2D eigenvalue weighted by Gasteiger charge is 2.26. The molecule has 3 rings (SSSR count). The maximum absolute atomic E-state index is 13.3. The highest BCUT2D eigenvalue weighted by molar-refractivity contribution is 8.00. The third-order valence-electron chi connectivity index (χ3n) is 4.38. The van der Waals surface area contributed by atoms with E-state index in [1.807, 2.05) is 42.5 Å². The highest BCUT2D eigenvalue weighted by atomic mass is 32.2. The van der Waals surface area contributed by atoms with Crippen LogP contribution in [0.5, 0.6) is 0 Å². The smallest absolute Gasteiger partial charge is 0.315 e. The number of benzene rings is 2. The second-order valence-corrected chi connectivity index (χ2v) is 7.03. The minimum Gasteiger partial charge on any atom is -0.468 e. The zero-order valence-electron chi connectivity index (χ0n) is 14.8. The normalized spacial score (nSPS) is 12.1. The van der Waals surface area contributed by atoms with E-state index < -0.39 is 5.25 Å². The van der Waals surface area contributed by atoms with Crippen molar-refractivity contribution in [1.29, 1.82) is 0 Å².